The van der Waals surface area contributed by atoms with Crippen molar-refractivity contribution in [2.45, 2.75) is 13.8 Å². The Morgan fingerprint density at radius 1 is 1.26 bits per heavy atom. The summed E-state index contributed by atoms with van der Waals surface area (Å²) in [5.74, 6) is 0.911. The van der Waals surface area contributed by atoms with E-state index in [4.69, 9.17) is 9.47 Å². The Hall–Kier alpha value is -1.82. The molecule has 106 valence electrons. The van der Waals surface area contributed by atoms with Gasteiger partial charge in [0.25, 0.3) is 5.69 Å². The van der Waals surface area contributed by atoms with Crippen molar-refractivity contribution in [2.75, 3.05) is 33.4 Å². The average molecular weight is 268 g/mol. The maximum absolute atomic E-state index is 10.7. The van der Waals surface area contributed by atoms with E-state index in [1.807, 2.05) is 0 Å². The summed E-state index contributed by atoms with van der Waals surface area (Å²) in [5.41, 5.74) is -0.00653. The highest BCUT2D eigenvalue weighted by Crippen LogP contribution is 2.30. The number of likely N-dealkylation sites (N-methyl/N-ethyl adjacent to an activating group) is 1. The number of benzene rings is 1. The molecule has 0 bridgehead atoms. The van der Waals surface area contributed by atoms with Crippen LogP contribution in [0.3, 0.4) is 0 Å². The zero-order valence-electron chi connectivity index (χ0n) is 11.6. The van der Waals surface area contributed by atoms with Gasteiger partial charge in [-0.05, 0) is 19.2 Å². The van der Waals surface area contributed by atoms with Crippen LogP contribution in [0.15, 0.2) is 18.2 Å². The van der Waals surface area contributed by atoms with Crippen molar-refractivity contribution in [3.63, 3.8) is 0 Å². The summed E-state index contributed by atoms with van der Waals surface area (Å²) in [7, 11) is 1.47. The monoisotopic (exact) mass is 268 g/mol. The number of nitro benzene ring substituents is 1. The third-order valence-corrected chi connectivity index (χ3v) is 2.92. The molecule has 0 heterocycles. The van der Waals surface area contributed by atoms with Crippen LogP contribution in [0.5, 0.6) is 11.5 Å². The van der Waals surface area contributed by atoms with Crippen molar-refractivity contribution in [1.82, 2.24) is 4.90 Å². The molecule has 0 saturated heterocycles. The van der Waals surface area contributed by atoms with Crippen LogP contribution in [0.25, 0.3) is 0 Å². The Morgan fingerprint density at radius 2 is 1.95 bits per heavy atom. The molecule has 0 saturated carbocycles. The molecular weight excluding hydrogens is 248 g/mol. The Kier molecular flexibility index (Phi) is 6.08. The van der Waals surface area contributed by atoms with Crippen molar-refractivity contribution in [3.8, 4) is 11.5 Å². The van der Waals surface area contributed by atoms with Crippen LogP contribution in [0.4, 0.5) is 5.69 Å². The van der Waals surface area contributed by atoms with Crippen LogP contribution >= 0.6 is 0 Å². The first kappa shape index (κ1) is 15.2. The lowest BCUT2D eigenvalue weighted by Crippen LogP contribution is -2.27. The standard InChI is InChI=1S/C13H20N2O4/c1-4-14(5-2)8-9-19-12-7-6-11(15(16)17)10-13(12)18-3/h6-7,10H,4-5,8-9H2,1-3H3. The summed E-state index contributed by atoms with van der Waals surface area (Å²) in [6.45, 7) is 7.46. The Morgan fingerprint density at radius 3 is 2.47 bits per heavy atom. The van der Waals surface area contributed by atoms with Gasteiger partial charge < -0.3 is 14.4 Å². The maximum Gasteiger partial charge on any atom is 0.273 e. The van der Waals surface area contributed by atoms with Crippen LogP contribution < -0.4 is 9.47 Å². The number of nitro groups is 1. The number of nitrogens with zero attached hydrogens (tertiary/aromatic N) is 2. The van der Waals surface area contributed by atoms with E-state index in [1.165, 1.54) is 19.2 Å². The fourth-order valence-corrected chi connectivity index (χ4v) is 1.71. The second-order valence-corrected chi connectivity index (χ2v) is 3.97. The third kappa shape index (κ3) is 4.40. The predicted molar refractivity (Wildman–Crippen MR) is 72.9 cm³/mol. The maximum atomic E-state index is 10.7. The SMILES string of the molecule is CCN(CC)CCOc1ccc([N+](=O)[O-])cc1OC. The average Bonchev–Trinajstić information content (AvgIpc) is 2.43. The van der Waals surface area contributed by atoms with Gasteiger partial charge in [0.2, 0.25) is 0 Å². The van der Waals surface area contributed by atoms with Gasteiger partial charge in [0, 0.05) is 12.6 Å². The van der Waals surface area contributed by atoms with Gasteiger partial charge in [-0.1, -0.05) is 13.8 Å². The molecule has 0 aliphatic heterocycles. The molecule has 1 aromatic carbocycles. The van der Waals surface area contributed by atoms with E-state index in [0.717, 1.165) is 19.6 Å². The number of rotatable bonds is 8. The van der Waals surface area contributed by atoms with Crippen LogP contribution in [0.2, 0.25) is 0 Å². The number of hydrogen-bond donors (Lipinski definition) is 0. The van der Waals surface area contributed by atoms with Crippen molar-refractivity contribution >= 4 is 5.69 Å². The highest BCUT2D eigenvalue weighted by Gasteiger charge is 2.12. The Labute approximate surface area is 113 Å². The summed E-state index contributed by atoms with van der Waals surface area (Å²) in [5, 5.41) is 10.7. The molecular formula is C13H20N2O4. The molecule has 0 atom stereocenters. The first-order valence-corrected chi connectivity index (χ1v) is 6.29. The molecule has 1 aromatic rings. The van der Waals surface area contributed by atoms with Gasteiger partial charge in [0.05, 0.1) is 18.1 Å². The molecule has 0 aliphatic rings. The lowest BCUT2D eigenvalue weighted by molar-refractivity contribution is -0.384. The Bertz CT molecular complexity index is 419. The molecule has 19 heavy (non-hydrogen) atoms. The van der Waals surface area contributed by atoms with Crippen molar-refractivity contribution in [1.29, 1.82) is 0 Å². The van der Waals surface area contributed by atoms with Crippen molar-refractivity contribution in [2.24, 2.45) is 0 Å². The van der Waals surface area contributed by atoms with Gasteiger partial charge in [0.1, 0.15) is 6.61 Å². The van der Waals surface area contributed by atoms with Gasteiger partial charge in [-0.25, -0.2) is 0 Å². The molecule has 0 aliphatic carbocycles. The van der Waals surface area contributed by atoms with E-state index >= 15 is 0 Å². The molecule has 0 N–H and O–H groups in total. The van der Waals surface area contributed by atoms with E-state index in [1.54, 1.807) is 6.07 Å². The lowest BCUT2D eigenvalue weighted by atomic mass is 10.3. The minimum absolute atomic E-state index is 0.00653. The molecule has 0 fully saturated rings. The Balaban J connectivity index is 2.65. The summed E-state index contributed by atoms with van der Waals surface area (Å²) in [6.07, 6.45) is 0. The predicted octanol–water partition coefficient (Wildman–Crippen LogP) is 2.32. The molecule has 0 spiro atoms. The first-order chi connectivity index (χ1) is 9.12. The van der Waals surface area contributed by atoms with E-state index < -0.39 is 4.92 Å². The summed E-state index contributed by atoms with van der Waals surface area (Å²) in [6, 6.07) is 4.35. The smallest absolute Gasteiger partial charge is 0.273 e. The second kappa shape index (κ2) is 7.58. The zero-order chi connectivity index (χ0) is 14.3. The van der Waals surface area contributed by atoms with E-state index in [0.29, 0.717) is 18.1 Å². The quantitative estimate of drug-likeness (QED) is 0.534. The molecule has 1 rings (SSSR count). The fraction of sp³-hybridized carbons (Fsp3) is 0.538. The van der Waals surface area contributed by atoms with Crippen molar-refractivity contribution in [3.05, 3.63) is 28.3 Å². The molecule has 0 radical (unpaired) electrons. The molecule has 6 nitrogen and oxygen atoms in total. The minimum Gasteiger partial charge on any atom is -0.493 e. The first-order valence-electron chi connectivity index (χ1n) is 6.29. The van der Waals surface area contributed by atoms with Gasteiger partial charge in [0.15, 0.2) is 11.5 Å². The minimum atomic E-state index is -0.456. The molecule has 0 unspecified atom stereocenters. The third-order valence-electron chi connectivity index (χ3n) is 2.92. The number of hydrogen-bond acceptors (Lipinski definition) is 5. The number of ether oxygens (including phenoxy) is 2. The normalized spacial score (nSPS) is 10.5. The van der Waals surface area contributed by atoms with Crippen molar-refractivity contribution < 1.29 is 14.4 Å². The molecule has 0 amide bonds. The van der Waals surface area contributed by atoms with Gasteiger partial charge in [-0.15, -0.1) is 0 Å². The zero-order valence-corrected chi connectivity index (χ0v) is 11.6. The van der Waals surface area contributed by atoms with Gasteiger partial charge in [-0.2, -0.15) is 0 Å². The van der Waals surface area contributed by atoms with E-state index in [2.05, 4.69) is 18.7 Å². The second-order valence-electron chi connectivity index (χ2n) is 3.97. The molecule has 0 aromatic heterocycles. The van der Waals surface area contributed by atoms with Crippen LogP contribution in [-0.4, -0.2) is 43.2 Å². The summed E-state index contributed by atoms with van der Waals surface area (Å²) >= 11 is 0. The van der Waals surface area contributed by atoms with Crippen LogP contribution in [-0.2, 0) is 0 Å². The molecule has 6 heteroatoms. The highest BCUT2D eigenvalue weighted by atomic mass is 16.6. The highest BCUT2D eigenvalue weighted by molar-refractivity contribution is 5.48. The van der Waals surface area contributed by atoms with E-state index in [9.17, 15) is 10.1 Å². The number of methoxy groups -OCH3 is 1. The van der Waals surface area contributed by atoms with Gasteiger partial charge >= 0.3 is 0 Å². The largest absolute Gasteiger partial charge is 0.493 e. The fourth-order valence-electron chi connectivity index (χ4n) is 1.71. The summed E-state index contributed by atoms with van der Waals surface area (Å²) in [4.78, 5) is 12.4. The van der Waals surface area contributed by atoms with E-state index in [-0.39, 0.29) is 5.69 Å². The van der Waals surface area contributed by atoms with Crippen LogP contribution in [0.1, 0.15) is 13.8 Å². The van der Waals surface area contributed by atoms with Gasteiger partial charge in [-0.3, -0.25) is 10.1 Å². The summed E-state index contributed by atoms with van der Waals surface area (Å²) < 4.78 is 10.7. The number of non-ortho nitro benzene ring substituents is 1. The topological polar surface area (TPSA) is 64.8 Å². The van der Waals surface area contributed by atoms with Crippen LogP contribution in [0, 0.1) is 10.1 Å². The lowest BCUT2D eigenvalue weighted by Gasteiger charge is -2.18.